The van der Waals surface area contributed by atoms with E-state index in [2.05, 4.69) is 57.4 Å². The summed E-state index contributed by atoms with van der Waals surface area (Å²) in [5.41, 5.74) is 3.69. The smallest absolute Gasteiger partial charge is 0.152 e. The zero-order valence-electron chi connectivity index (χ0n) is 11.2. The third kappa shape index (κ3) is 2.99. The Bertz CT molecular complexity index is 624. The summed E-state index contributed by atoms with van der Waals surface area (Å²) in [4.78, 5) is 4.13. The highest BCUT2D eigenvalue weighted by atomic mass is 79.9. The van der Waals surface area contributed by atoms with Gasteiger partial charge in [-0.2, -0.15) is 0 Å². The molecule has 1 aliphatic rings. The van der Waals surface area contributed by atoms with Gasteiger partial charge in [0, 0.05) is 16.7 Å². The molecule has 2 nitrogen and oxygen atoms in total. The predicted octanol–water partition coefficient (Wildman–Crippen LogP) is 5.16. The van der Waals surface area contributed by atoms with Gasteiger partial charge < -0.3 is 5.32 Å². The average Bonchev–Trinajstić information content (AvgIpc) is 2.37. The zero-order chi connectivity index (χ0) is 14.1. The molecule has 20 heavy (non-hydrogen) atoms. The molecule has 1 aromatic heterocycles. The van der Waals surface area contributed by atoms with Crippen molar-refractivity contribution in [3.8, 4) is 0 Å². The van der Waals surface area contributed by atoms with Crippen molar-refractivity contribution in [1.29, 1.82) is 0 Å². The molecule has 4 heteroatoms. The van der Waals surface area contributed by atoms with Gasteiger partial charge in [0.15, 0.2) is 5.15 Å². The number of rotatable bonds is 3. The van der Waals surface area contributed by atoms with Crippen LogP contribution in [0.3, 0.4) is 0 Å². The maximum atomic E-state index is 6.10. The Kier molecular flexibility index (Phi) is 3.99. The summed E-state index contributed by atoms with van der Waals surface area (Å²) in [5, 5.41) is 4.01. The van der Waals surface area contributed by atoms with Crippen molar-refractivity contribution in [3.05, 3.63) is 57.3 Å². The Morgan fingerprint density at radius 2 is 2.10 bits per heavy atom. The Hall–Kier alpha value is -1.06. The van der Waals surface area contributed by atoms with E-state index in [0.717, 1.165) is 23.0 Å². The van der Waals surface area contributed by atoms with Crippen LogP contribution in [0.15, 0.2) is 41.0 Å². The van der Waals surface area contributed by atoms with Crippen molar-refractivity contribution in [3.63, 3.8) is 0 Å². The largest absolute Gasteiger partial charge is 0.380 e. The number of aryl methyl sites for hydroxylation is 1. The van der Waals surface area contributed by atoms with Gasteiger partial charge in [0.1, 0.15) is 0 Å². The second kappa shape index (κ2) is 5.74. The predicted molar refractivity (Wildman–Crippen MR) is 87.5 cm³/mol. The van der Waals surface area contributed by atoms with Gasteiger partial charge in [0.25, 0.3) is 0 Å². The van der Waals surface area contributed by atoms with Crippen LogP contribution < -0.4 is 5.32 Å². The van der Waals surface area contributed by atoms with E-state index in [4.69, 9.17) is 11.6 Å². The van der Waals surface area contributed by atoms with Crippen molar-refractivity contribution >= 4 is 33.2 Å². The van der Waals surface area contributed by atoms with Crippen LogP contribution in [0, 0.1) is 6.92 Å². The molecule has 0 spiro atoms. The van der Waals surface area contributed by atoms with Crippen LogP contribution in [0.25, 0.3) is 0 Å². The standard InChI is InChI=1S/C16H16BrClN2/c1-10-3-2-4-11(5-10)12-6-14(7-12)20-15-8-13(17)9-19-16(15)18/h2-5,8-9,12,14,20H,6-7H2,1H3. The summed E-state index contributed by atoms with van der Waals surface area (Å²) in [5.74, 6) is 0.659. The lowest BCUT2D eigenvalue weighted by atomic mass is 9.75. The van der Waals surface area contributed by atoms with Gasteiger partial charge in [-0.25, -0.2) is 4.98 Å². The van der Waals surface area contributed by atoms with E-state index in [0.29, 0.717) is 17.1 Å². The van der Waals surface area contributed by atoms with Crippen LogP contribution in [-0.4, -0.2) is 11.0 Å². The quantitative estimate of drug-likeness (QED) is 0.772. The van der Waals surface area contributed by atoms with Gasteiger partial charge >= 0.3 is 0 Å². The van der Waals surface area contributed by atoms with Gasteiger partial charge in [0.05, 0.1) is 5.69 Å². The zero-order valence-corrected chi connectivity index (χ0v) is 13.6. The molecular weight excluding hydrogens is 336 g/mol. The highest BCUT2D eigenvalue weighted by Gasteiger charge is 2.30. The second-order valence-electron chi connectivity index (χ2n) is 5.42. The first-order valence-corrected chi connectivity index (χ1v) is 7.93. The third-order valence-corrected chi connectivity index (χ3v) is 4.55. The van der Waals surface area contributed by atoms with E-state index in [9.17, 15) is 0 Å². The van der Waals surface area contributed by atoms with Gasteiger partial charge in [0.2, 0.25) is 0 Å². The normalized spacial score (nSPS) is 21.4. The average molecular weight is 352 g/mol. The first kappa shape index (κ1) is 13.9. The van der Waals surface area contributed by atoms with Crippen LogP contribution in [0.2, 0.25) is 5.15 Å². The highest BCUT2D eigenvalue weighted by Crippen LogP contribution is 2.39. The fourth-order valence-electron chi connectivity index (χ4n) is 2.68. The lowest BCUT2D eigenvalue weighted by Crippen LogP contribution is -2.34. The molecule has 1 N–H and O–H groups in total. The van der Waals surface area contributed by atoms with E-state index in [1.54, 1.807) is 6.20 Å². The minimum Gasteiger partial charge on any atom is -0.380 e. The van der Waals surface area contributed by atoms with Crippen molar-refractivity contribution in [2.75, 3.05) is 5.32 Å². The fourth-order valence-corrected chi connectivity index (χ4v) is 3.16. The van der Waals surface area contributed by atoms with E-state index >= 15 is 0 Å². The molecule has 1 aliphatic carbocycles. The molecule has 2 aromatic rings. The Morgan fingerprint density at radius 3 is 2.85 bits per heavy atom. The summed E-state index contributed by atoms with van der Waals surface area (Å²) in [6.07, 6.45) is 4.00. The Balaban J connectivity index is 1.62. The number of anilines is 1. The number of halogens is 2. The van der Waals surface area contributed by atoms with Crippen LogP contribution in [0.4, 0.5) is 5.69 Å². The van der Waals surface area contributed by atoms with E-state index in [1.807, 2.05) is 6.07 Å². The molecule has 3 rings (SSSR count). The second-order valence-corrected chi connectivity index (χ2v) is 6.69. The van der Waals surface area contributed by atoms with Crippen molar-refractivity contribution in [1.82, 2.24) is 4.98 Å². The monoisotopic (exact) mass is 350 g/mol. The summed E-state index contributed by atoms with van der Waals surface area (Å²) in [7, 11) is 0. The number of nitrogens with one attached hydrogen (secondary N) is 1. The molecule has 1 fully saturated rings. The summed E-state index contributed by atoms with van der Waals surface area (Å²) >= 11 is 9.52. The number of aromatic nitrogens is 1. The first-order valence-electron chi connectivity index (χ1n) is 6.76. The molecule has 1 saturated carbocycles. The Morgan fingerprint density at radius 1 is 1.30 bits per heavy atom. The summed E-state index contributed by atoms with van der Waals surface area (Å²) in [6.45, 7) is 2.14. The van der Waals surface area contributed by atoms with E-state index in [1.165, 1.54) is 11.1 Å². The third-order valence-electron chi connectivity index (χ3n) is 3.82. The van der Waals surface area contributed by atoms with Gasteiger partial charge in [-0.1, -0.05) is 41.4 Å². The fraction of sp³-hybridized carbons (Fsp3) is 0.312. The lowest BCUT2D eigenvalue weighted by Gasteiger charge is -2.37. The number of nitrogens with zero attached hydrogens (tertiary/aromatic N) is 1. The number of hydrogen-bond acceptors (Lipinski definition) is 2. The SMILES string of the molecule is Cc1cccc(C2CC(Nc3cc(Br)cnc3Cl)C2)c1. The molecule has 1 heterocycles. The van der Waals surface area contributed by atoms with Crippen LogP contribution in [0.5, 0.6) is 0 Å². The lowest BCUT2D eigenvalue weighted by molar-refractivity contribution is 0.374. The number of pyridine rings is 1. The molecule has 1 aromatic carbocycles. The summed E-state index contributed by atoms with van der Waals surface area (Å²) in [6, 6.07) is 11.3. The van der Waals surface area contributed by atoms with E-state index < -0.39 is 0 Å². The number of hydrogen-bond donors (Lipinski definition) is 1. The number of benzene rings is 1. The molecule has 0 atom stereocenters. The van der Waals surface area contributed by atoms with Crippen molar-refractivity contribution < 1.29 is 0 Å². The molecule has 104 valence electrons. The minimum atomic E-state index is 0.481. The molecule has 0 amide bonds. The van der Waals surface area contributed by atoms with Crippen molar-refractivity contribution in [2.24, 2.45) is 0 Å². The minimum absolute atomic E-state index is 0.481. The van der Waals surface area contributed by atoms with E-state index in [-0.39, 0.29) is 0 Å². The van der Waals surface area contributed by atoms with Gasteiger partial charge in [-0.05, 0) is 53.2 Å². The van der Waals surface area contributed by atoms with Gasteiger partial charge in [-0.3, -0.25) is 0 Å². The molecule has 0 saturated heterocycles. The van der Waals surface area contributed by atoms with Crippen molar-refractivity contribution in [2.45, 2.75) is 31.7 Å². The Labute approximate surface area is 132 Å². The molecule has 0 bridgehead atoms. The molecule has 0 unspecified atom stereocenters. The highest BCUT2D eigenvalue weighted by molar-refractivity contribution is 9.10. The summed E-state index contributed by atoms with van der Waals surface area (Å²) < 4.78 is 0.943. The molecular formula is C16H16BrClN2. The van der Waals surface area contributed by atoms with Gasteiger partial charge in [-0.15, -0.1) is 0 Å². The maximum Gasteiger partial charge on any atom is 0.152 e. The van der Waals surface area contributed by atoms with Crippen LogP contribution in [-0.2, 0) is 0 Å². The maximum absolute atomic E-state index is 6.10. The van der Waals surface area contributed by atoms with Crippen LogP contribution >= 0.6 is 27.5 Å². The first-order chi connectivity index (χ1) is 9.61. The van der Waals surface area contributed by atoms with Crippen LogP contribution in [0.1, 0.15) is 29.9 Å². The topological polar surface area (TPSA) is 24.9 Å². The molecule has 0 aliphatic heterocycles. The molecule has 0 radical (unpaired) electrons.